The molecule has 1 aromatic heterocycles. The molecule has 0 bridgehead atoms. The van der Waals surface area contributed by atoms with Gasteiger partial charge in [0.1, 0.15) is 5.69 Å². The van der Waals surface area contributed by atoms with Crippen molar-refractivity contribution in [2.24, 2.45) is 0 Å². The Morgan fingerprint density at radius 2 is 2.04 bits per heavy atom. The van der Waals surface area contributed by atoms with E-state index in [0.29, 0.717) is 5.69 Å². The highest BCUT2D eigenvalue weighted by Gasteiger charge is 2.27. The zero-order valence-corrected chi connectivity index (χ0v) is 13.9. The summed E-state index contributed by atoms with van der Waals surface area (Å²) in [4.78, 5) is 16.2. The van der Waals surface area contributed by atoms with Crippen molar-refractivity contribution in [2.45, 2.75) is 38.0 Å². The molecule has 3 rings (SSSR count). The lowest BCUT2D eigenvalue weighted by Crippen LogP contribution is -2.22. The van der Waals surface area contributed by atoms with E-state index in [1.807, 2.05) is 17.8 Å². The quantitative estimate of drug-likeness (QED) is 0.772. The second-order valence-corrected chi connectivity index (χ2v) is 7.32. The molecule has 4 heteroatoms. The average molecular weight is 339 g/mol. The van der Waals surface area contributed by atoms with E-state index in [2.05, 4.69) is 42.8 Å². The summed E-state index contributed by atoms with van der Waals surface area (Å²) in [6.07, 6.45) is 2.50. The maximum absolute atomic E-state index is 10.8. The maximum Gasteiger partial charge on any atom is 0.337 e. The molecule has 1 aliphatic heterocycles. The van der Waals surface area contributed by atoms with E-state index < -0.39 is 5.97 Å². The van der Waals surface area contributed by atoms with Crippen LogP contribution in [-0.4, -0.2) is 21.8 Å². The number of aromatic nitrogens is 1. The smallest absolute Gasteiger partial charge is 0.337 e. The molecule has 24 heavy (non-hydrogen) atoms. The number of pyridine rings is 1. The number of nitrogens with zero attached hydrogens (tertiary/aromatic N) is 1. The van der Waals surface area contributed by atoms with Crippen molar-refractivity contribution in [1.29, 1.82) is 0 Å². The first-order valence-corrected chi connectivity index (χ1v) is 8.43. The molecule has 0 saturated heterocycles. The number of aromatic carboxylic acids is 1. The van der Waals surface area contributed by atoms with Gasteiger partial charge in [-0.2, -0.15) is 0 Å². The molecule has 0 amide bonds. The van der Waals surface area contributed by atoms with Crippen molar-refractivity contribution in [3.05, 3.63) is 58.9 Å². The molecule has 0 unspecified atom stereocenters. The van der Waals surface area contributed by atoms with Crippen LogP contribution in [0.2, 0.25) is 0 Å². The fourth-order valence-corrected chi connectivity index (χ4v) is 4.03. The van der Waals surface area contributed by atoms with Crippen LogP contribution in [0, 0.1) is 11.8 Å². The van der Waals surface area contributed by atoms with Crippen LogP contribution in [0.1, 0.15) is 54.9 Å². The second kappa shape index (κ2) is 7.11. The van der Waals surface area contributed by atoms with Crippen molar-refractivity contribution < 1.29 is 9.90 Å². The molecule has 0 spiro atoms. The van der Waals surface area contributed by atoms with E-state index in [4.69, 9.17) is 5.11 Å². The molecule has 0 radical (unpaired) electrons. The van der Waals surface area contributed by atoms with Crippen LogP contribution in [0.25, 0.3) is 0 Å². The van der Waals surface area contributed by atoms with Crippen LogP contribution in [0.4, 0.5) is 0 Å². The molecule has 3 nitrogen and oxygen atoms in total. The predicted molar refractivity (Wildman–Crippen MR) is 98.7 cm³/mol. The minimum Gasteiger partial charge on any atom is -0.478 e. The lowest BCUT2D eigenvalue weighted by Gasteiger charge is -2.32. The average Bonchev–Trinajstić information content (AvgIpc) is 2.53. The summed E-state index contributed by atoms with van der Waals surface area (Å²) in [6.45, 7) is 4.55. The standard InChI is InChI=1S/C19H17NO2S.CH4/c1-19(2)9-10-23-17-8-4-13(11-16(17)19)3-6-15-7-5-14(12-20-15)18(21)22;/h4-5,7-8,11-12H,9-10H2,1-2H3,(H,21,22);1H4. The molecule has 0 fully saturated rings. The Balaban J connectivity index is 0.00000208. The Morgan fingerprint density at radius 1 is 1.25 bits per heavy atom. The second-order valence-electron chi connectivity index (χ2n) is 6.18. The number of carbonyl (C=O) groups is 1. The van der Waals surface area contributed by atoms with Gasteiger partial charge in [0.25, 0.3) is 0 Å². The third-order valence-corrected chi connectivity index (χ3v) is 5.11. The number of rotatable bonds is 1. The Kier molecular flexibility index (Phi) is 5.36. The normalized spacial score (nSPS) is 14.6. The van der Waals surface area contributed by atoms with Crippen LogP contribution in [-0.2, 0) is 5.41 Å². The third-order valence-electron chi connectivity index (χ3n) is 4.04. The van der Waals surface area contributed by atoms with Gasteiger partial charge in [-0.05, 0) is 59.4 Å². The SMILES string of the molecule is C.CC1(C)CCSc2ccc(C#Cc3ccc(C(=O)O)cn3)cc21. The highest BCUT2D eigenvalue weighted by molar-refractivity contribution is 7.99. The summed E-state index contributed by atoms with van der Waals surface area (Å²) < 4.78 is 0. The molecule has 1 N–H and O–H groups in total. The monoisotopic (exact) mass is 339 g/mol. The number of carboxylic acids is 1. The van der Waals surface area contributed by atoms with Gasteiger partial charge in [-0.15, -0.1) is 11.8 Å². The highest BCUT2D eigenvalue weighted by Crippen LogP contribution is 2.41. The molecule has 2 aromatic rings. The molecule has 2 heterocycles. The van der Waals surface area contributed by atoms with E-state index in [0.717, 1.165) is 11.3 Å². The van der Waals surface area contributed by atoms with Crippen molar-refractivity contribution in [2.75, 3.05) is 5.75 Å². The van der Waals surface area contributed by atoms with Gasteiger partial charge in [0.15, 0.2) is 0 Å². The van der Waals surface area contributed by atoms with E-state index in [9.17, 15) is 4.79 Å². The van der Waals surface area contributed by atoms with Crippen molar-refractivity contribution in [3.8, 4) is 11.8 Å². The Morgan fingerprint density at radius 3 is 2.71 bits per heavy atom. The lowest BCUT2D eigenvalue weighted by atomic mass is 9.81. The zero-order chi connectivity index (χ0) is 16.4. The van der Waals surface area contributed by atoms with E-state index in [-0.39, 0.29) is 18.4 Å². The maximum atomic E-state index is 10.8. The molecule has 0 atom stereocenters. The minimum absolute atomic E-state index is 0. The molecular formula is C20H21NO2S. The number of fused-ring (bicyclic) bond motifs is 1. The van der Waals surface area contributed by atoms with E-state index in [1.165, 1.54) is 29.1 Å². The Bertz CT molecular complexity index is 814. The lowest BCUT2D eigenvalue weighted by molar-refractivity contribution is 0.0696. The topological polar surface area (TPSA) is 50.2 Å². The first kappa shape index (κ1) is 18.1. The molecule has 124 valence electrons. The van der Waals surface area contributed by atoms with Crippen LogP contribution >= 0.6 is 11.8 Å². The van der Waals surface area contributed by atoms with Crippen LogP contribution in [0.15, 0.2) is 41.4 Å². The molecule has 1 aromatic carbocycles. The fraction of sp³-hybridized carbons (Fsp3) is 0.300. The Hall–Kier alpha value is -2.25. The van der Waals surface area contributed by atoms with E-state index in [1.54, 1.807) is 6.07 Å². The van der Waals surface area contributed by atoms with Crippen LogP contribution < -0.4 is 0 Å². The van der Waals surface area contributed by atoms with Crippen molar-refractivity contribution in [3.63, 3.8) is 0 Å². The van der Waals surface area contributed by atoms with Gasteiger partial charge in [-0.3, -0.25) is 0 Å². The minimum atomic E-state index is -0.980. The molecular weight excluding hydrogens is 318 g/mol. The third kappa shape index (κ3) is 3.80. The summed E-state index contributed by atoms with van der Waals surface area (Å²) in [5.41, 5.74) is 3.24. The van der Waals surface area contributed by atoms with Gasteiger partial charge in [0, 0.05) is 16.7 Å². The zero-order valence-electron chi connectivity index (χ0n) is 13.1. The highest BCUT2D eigenvalue weighted by atomic mass is 32.2. The number of benzene rings is 1. The van der Waals surface area contributed by atoms with Gasteiger partial charge in [-0.25, -0.2) is 9.78 Å². The number of thioether (sulfide) groups is 1. The van der Waals surface area contributed by atoms with Gasteiger partial charge in [0.05, 0.1) is 5.56 Å². The largest absolute Gasteiger partial charge is 0.478 e. The fourth-order valence-electron chi connectivity index (χ4n) is 2.54. The van der Waals surface area contributed by atoms with Crippen molar-refractivity contribution in [1.82, 2.24) is 4.98 Å². The molecule has 0 aliphatic carbocycles. The van der Waals surface area contributed by atoms with Crippen LogP contribution in [0.5, 0.6) is 0 Å². The molecule has 0 saturated carbocycles. The molecule has 1 aliphatic rings. The first-order valence-electron chi connectivity index (χ1n) is 7.44. The summed E-state index contributed by atoms with van der Waals surface area (Å²) in [5.74, 6) is 6.31. The van der Waals surface area contributed by atoms with Crippen LogP contribution in [0.3, 0.4) is 0 Å². The summed E-state index contributed by atoms with van der Waals surface area (Å²) in [5, 5.41) is 8.87. The van der Waals surface area contributed by atoms with Gasteiger partial charge >= 0.3 is 5.97 Å². The van der Waals surface area contributed by atoms with Gasteiger partial charge in [0.2, 0.25) is 0 Å². The first-order chi connectivity index (χ1) is 11.0. The summed E-state index contributed by atoms with van der Waals surface area (Å²) >= 11 is 1.90. The van der Waals surface area contributed by atoms with Gasteiger partial charge in [-0.1, -0.05) is 27.2 Å². The summed E-state index contributed by atoms with van der Waals surface area (Å²) in [7, 11) is 0. The van der Waals surface area contributed by atoms with Crippen molar-refractivity contribution >= 4 is 17.7 Å². The number of hydrogen-bond acceptors (Lipinski definition) is 3. The van der Waals surface area contributed by atoms with Gasteiger partial charge < -0.3 is 5.11 Å². The summed E-state index contributed by atoms with van der Waals surface area (Å²) in [6, 6.07) is 9.50. The van der Waals surface area contributed by atoms with E-state index >= 15 is 0 Å². The number of carboxylic acid groups (broad SMARTS) is 1. The predicted octanol–water partition coefficient (Wildman–Crippen LogP) is 4.59. The Labute approximate surface area is 147 Å². The number of hydrogen-bond donors (Lipinski definition) is 1.